The van der Waals surface area contributed by atoms with Crippen molar-refractivity contribution in [1.29, 1.82) is 0 Å². The van der Waals surface area contributed by atoms with Crippen molar-refractivity contribution in [3.8, 4) is 5.75 Å². The molecule has 0 N–H and O–H groups in total. The number of amidine groups is 1. The van der Waals surface area contributed by atoms with Gasteiger partial charge in [0.2, 0.25) is 5.91 Å². The summed E-state index contributed by atoms with van der Waals surface area (Å²) in [6.07, 6.45) is 5.25. The van der Waals surface area contributed by atoms with Gasteiger partial charge in [-0.15, -0.1) is 0 Å². The van der Waals surface area contributed by atoms with Crippen molar-refractivity contribution in [3.63, 3.8) is 0 Å². The number of benzene rings is 1. The summed E-state index contributed by atoms with van der Waals surface area (Å²) in [5.74, 6) is 1.76. The van der Waals surface area contributed by atoms with Gasteiger partial charge in [-0.25, -0.2) is 4.99 Å². The van der Waals surface area contributed by atoms with Gasteiger partial charge in [0, 0.05) is 30.0 Å². The smallest absolute Gasteiger partial charge is 0.228 e. The Labute approximate surface area is 165 Å². The molecule has 0 bridgehead atoms. The number of ether oxygens (including phenoxy) is 1. The summed E-state index contributed by atoms with van der Waals surface area (Å²) >= 11 is 8.42. The molecule has 0 radical (unpaired) electrons. The van der Waals surface area contributed by atoms with Gasteiger partial charge in [-0.05, 0) is 52.8 Å². The third-order valence-corrected chi connectivity index (χ3v) is 6.13. The quantitative estimate of drug-likeness (QED) is 0.384. The van der Waals surface area contributed by atoms with E-state index in [-0.39, 0.29) is 11.3 Å². The van der Waals surface area contributed by atoms with Gasteiger partial charge in [-0.3, -0.25) is 14.1 Å². The minimum atomic E-state index is -0.289. The number of aliphatic imine (C=N–C) groups is 1. The molecule has 0 saturated carbocycles. The minimum Gasteiger partial charge on any atom is -0.497 e. The van der Waals surface area contributed by atoms with E-state index in [9.17, 15) is 4.79 Å². The van der Waals surface area contributed by atoms with Crippen LogP contribution in [0.25, 0.3) is 0 Å². The van der Waals surface area contributed by atoms with Crippen LogP contribution < -0.4 is 4.74 Å². The maximum atomic E-state index is 12.6. The van der Waals surface area contributed by atoms with Crippen molar-refractivity contribution < 1.29 is 9.53 Å². The third-order valence-electron chi connectivity index (χ3n) is 5.01. The molecule has 1 unspecified atom stereocenters. The zero-order valence-corrected chi connectivity index (χ0v) is 16.6. The average molecular weight is 470 g/mol. The highest BCUT2D eigenvalue weighted by Gasteiger charge is 2.51. The molecule has 1 aromatic carbocycles. The molecule has 1 aromatic rings. The van der Waals surface area contributed by atoms with Crippen molar-refractivity contribution in [2.75, 3.05) is 13.7 Å². The number of amides is 1. The Hall–Kier alpha value is -1.54. The van der Waals surface area contributed by atoms with Crippen LogP contribution in [-0.4, -0.2) is 34.7 Å². The van der Waals surface area contributed by atoms with Gasteiger partial charge in [0.1, 0.15) is 15.3 Å². The first kappa shape index (κ1) is 16.9. The molecule has 5 nitrogen and oxygen atoms in total. The first-order valence-electron chi connectivity index (χ1n) is 8.07. The SMILES string of the molecule is COc1ccc(CN2C(=O)CCC34C=CN(Cl)CC3=C(I)N=C24)cc1. The Morgan fingerprint density at radius 3 is 2.84 bits per heavy atom. The average Bonchev–Trinajstić information content (AvgIpc) is 2.91. The molecule has 1 fully saturated rings. The Morgan fingerprint density at radius 2 is 2.12 bits per heavy atom. The monoisotopic (exact) mass is 469 g/mol. The van der Waals surface area contributed by atoms with E-state index in [1.807, 2.05) is 35.4 Å². The zero-order chi connectivity index (χ0) is 17.6. The number of halogens is 2. The van der Waals surface area contributed by atoms with Crippen LogP contribution in [0, 0.1) is 5.41 Å². The second-order valence-corrected chi connectivity index (χ2v) is 7.83. The van der Waals surface area contributed by atoms with Crippen LogP contribution in [0.5, 0.6) is 5.75 Å². The lowest BCUT2D eigenvalue weighted by Gasteiger charge is -2.42. The molecule has 0 aromatic heterocycles. The molecular weight excluding hydrogens is 453 g/mol. The number of likely N-dealkylation sites (tertiary alicyclic amines) is 1. The van der Waals surface area contributed by atoms with Crippen molar-refractivity contribution >= 4 is 46.1 Å². The van der Waals surface area contributed by atoms with Gasteiger partial charge < -0.3 is 4.74 Å². The van der Waals surface area contributed by atoms with Crippen molar-refractivity contribution in [2.24, 2.45) is 10.4 Å². The van der Waals surface area contributed by atoms with Crippen LogP contribution in [0.1, 0.15) is 18.4 Å². The zero-order valence-electron chi connectivity index (χ0n) is 13.7. The molecular formula is C18H17ClIN3O2. The van der Waals surface area contributed by atoms with Gasteiger partial charge in [0.15, 0.2) is 0 Å². The van der Waals surface area contributed by atoms with E-state index >= 15 is 0 Å². The van der Waals surface area contributed by atoms with Gasteiger partial charge in [-0.1, -0.05) is 12.1 Å². The Balaban J connectivity index is 1.68. The summed E-state index contributed by atoms with van der Waals surface area (Å²) in [7, 11) is 1.64. The topological polar surface area (TPSA) is 45.1 Å². The van der Waals surface area contributed by atoms with E-state index in [0.717, 1.165) is 27.3 Å². The molecule has 130 valence electrons. The van der Waals surface area contributed by atoms with Crippen LogP contribution in [0.3, 0.4) is 0 Å². The number of carbonyl (C=O) groups is 1. The molecule has 1 spiro atoms. The summed E-state index contributed by atoms with van der Waals surface area (Å²) in [4.78, 5) is 19.2. The fourth-order valence-electron chi connectivity index (χ4n) is 3.65. The lowest BCUT2D eigenvalue weighted by atomic mass is 9.72. The lowest BCUT2D eigenvalue weighted by Crippen LogP contribution is -2.51. The Morgan fingerprint density at radius 1 is 1.36 bits per heavy atom. The number of carbonyl (C=O) groups excluding carboxylic acids is 1. The van der Waals surface area contributed by atoms with E-state index in [0.29, 0.717) is 19.5 Å². The highest BCUT2D eigenvalue weighted by Crippen LogP contribution is 2.50. The standard InChI is InChI=1S/C18H17ClIN3O2/c1-25-13-4-2-12(3-5-13)10-23-15(24)6-7-18-8-9-22(19)11-14(18)16(20)21-17(18)23/h2-5,8-9H,6-7,10-11H2,1H3. The van der Waals surface area contributed by atoms with Gasteiger partial charge in [-0.2, -0.15) is 0 Å². The molecule has 1 atom stereocenters. The van der Waals surface area contributed by atoms with Gasteiger partial charge in [0.25, 0.3) is 0 Å². The maximum absolute atomic E-state index is 12.6. The fourth-order valence-corrected chi connectivity index (χ4v) is 4.71. The second kappa shape index (κ2) is 6.32. The van der Waals surface area contributed by atoms with Crippen molar-refractivity contribution in [1.82, 2.24) is 9.32 Å². The second-order valence-electron chi connectivity index (χ2n) is 6.38. The van der Waals surface area contributed by atoms with Gasteiger partial charge >= 0.3 is 0 Å². The Kier molecular flexibility index (Phi) is 4.27. The summed E-state index contributed by atoms with van der Waals surface area (Å²) in [5.41, 5.74) is 1.95. The number of hydrogen-bond acceptors (Lipinski definition) is 4. The maximum Gasteiger partial charge on any atom is 0.228 e. The normalized spacial score (nSPS) is 25.1. The number of piperidine rings is 1. The first-order valence-corrected chi connectivity index (χ1v) is 9.48. The van der Waals surface area contributed by atoms with E-state index in [2.05, 4.69) is 28.7 Å². The van der Waals surface area contributed by atoms with Crippen LogP contribution >= 0.6 is 34.4 Å². The predicted octanol–water partition coefficient (Wildman–Crippen LogP) is 3.85. The summed E-state index contributed by atoms with van der Waals surface area (Å²) in [5, 5.41) is 0. The molecule has 1 saturated heterocycles. The molecule has 25 heavy (non-hydrogen) atoms. The number of hydrogen-bond donors (Lipinski definition) is 0. The minimum absolute atomic E-state index is 0.118. The van der Waals surface area contributed by atoms with Crippen LogP contribution in [-0.2, 0) is 11.3 Å². The van der Waals surface area contributed by atoms with E-state index in [1.165, 1.54) is 5.57 Å². The third kappa shape index (κ3) is 2.75. The van der Waals surface area contributed by atoms with Gasteiger partial charge in [0.05, 0.1) is 25.6 Å². The fraction of sp³-hybridized carbons (Fsp3) is 0.333. The molecule has 0 aliphatic carbocycles. The summed E-state index contributed by atoms with van der Waals surface area (Å²) < 4.78 is 7.79. The van der Waals surface area contributed by atoms with Crippen LogP contribution in [0.2, 0.25) is 0 Å². The highest BCUT2D eigenvalue weighted by molar-refractivity contribution is 14.1. The summed E-state index contributed by atoms with van der Waals surface area (Å²) in [6.45, 7) is 1.15. The molecule has 4 rings (SSSR count). The molecule has 3 aliphatic heterocycles. The molecule has 7 heteroatoms. The van der Waals surface area contributed by atoms with E-state index in [1.54, 1.807) is 11.5 Å². The largest absolute Gasteiger partial charge is 0.497 e. The number of methoxy groups -OCH3 is 1. The lowest BCUT2D eigenvalue weighted by molar-refractivity contribution is -0.129. The molecule has 3 aliphatic rings. The van der Waals surface area contributed by atoms with Crippen molar-refractivity contribution in [2.45, 2.75) is 19.4 Å². The Bertz CT molecular complexity index is 818. The number of rotatable bonds is 3. The predicted molar refractivity (Wildman–Crippen MR) is 105 cm³/mol. The van der Waals surface area contributed by atoms with Crippen molar-refractivity contribution in [3.05, 3.63) is 51.4 Å². The highest BCUT2D eigenvalue weighted by atomic mass is 127. The molecule has 3 heterocycles. The number of nitrogens with zero attached hydrogens (tertiary/aromatic N) is 3. The van der Waals surface area contributed by atoms with E-state index in [4.69, 9.17) is 21.5 Å². The van der Waals surface area contributed by atoms with Crippen LogP contribution in [0.4, 0.5) is 0 Å². The summed E-state index contributed by atoms with van der Waals surface area (Å²) in [6, 6.07) is 7.80. The first-order chi connectivity index (χ1) is 12.0. The molecule has 1 amide bonds. The van der Waals surface area contributed by atoms with Crippen LogP contribution in [0.15, 0.2) is 50.8 Å². The van der Waals surface area contributed by atoms with E-state index < -0.39 is 0 Å².